The van der Waals surface area contributed by atoms with Crippen molar-refractivity contribution in [2.45, 2.75) is 12.5 Å². The maximum Gasteiger partial charge on any atom is 0.244 e. The molecule has 0 saturated carbocycles. The maximum absolute atomic E-state index is 11.9. The van der Waals surface area contributed by atoms with E-state index in [1.54, 1.807) is 24.5 Å². The summed E-state index contributed by atoms with van der Waals surface area (Å²) in [7, 11) is 1.62. The average molecular weight is 336 g/mol. The third kappa shape index (κ3) is 4.44. The lowest BCUT2D eigenvalue weighted by Gasteiger charge is -2.29. The van der Waals surface area contributed by atoms with Gasteiger partial charge in [0.15, 0.2) is 0 Å². The molecule has 0 aliphatic heterocycles. The molecule has 116 valence electrons. The molecule has 0 radical (unpaired) electrons. The van der Waals surface area contributed by atoms with Crippen LogP contribution in [0.4, 0.5) is 0 Å². The van der Waals surface area contributed by atoms with Gasteiger partial charge in [0, 0.05) is 18.2 Å². The Morgan fingerprint density at radius 2 is 2.27 bits per heavy atom. The monoisotopic (exact) mass is 335 g/mol. The van der Waals surface area contributed by atoms with Crippen molar-refractivity contribution in [1.29, 1.82) is 0 Å². The molecule has 0 aliphatic carbocycles. The van der Waals surface area contributed by atoms with Gasteiger partial charge >= 0.3 is 0 Å². The van der Waals surface area contributed by atoms with Crippen molar-refractivity contribution in [3.63, 3.8) is 0 Å². The molecular formula is C17H18ClNO2S. The largest absolute Gasteiger partial charge is 0.372 e. The molecule has 1 heterocycles. The summed E-state index contributed by atoms with van der Waals surface area (Å²) < 4.78 is 5.58. The van der Waals surface area contributed by atoms with Gasteiger partial charge < -0.3 is 10.1 Å². The molecule has 1 aromatic heterocycles. The number of ether oxygens (including phenoxy) is 1. The fraction of sp³-hybridized carbons (Fsp3) is 0.235. The van der Waals surface area contributed by atoms with Gasteiger partial charge in [-0.3, -0.25) is 4.79 Å². The van der Waals surface area contributed by atoms with Gasteiger partial charge in [-0.2, -0.15) is 11.3 Å². The van der Waals surface area contributed by atoms with Gasteiger partial charge in [-0.25, -0.2) is 0 Å². The minimum Gasteiger partial charge on any atom is -0.372 e. The van der Waals surface area contributed by atoms with Gasteiger partial charge in [0.05, 0.1) is 6.54 Å². The Labute approximate surface area is 139 Å². The first-order chi connectivity index (χ1) is 10.5. The summed E-state index contributed by atoms with van der Waals surface area (Å²) in [5, 5.41) is 7.46. The molecule has 1 unspecified atom stereocenters. The zero-order valence-electron chi connectivity index (χ0n) is 12.5. The Bertz CT molecular complexity index is 654. The number of amides is 1. The van der Waals surface area contributed by atoms with E-state index in [0.717, 1.165) is 11.1 Å². The molecule has 2 aromatic rings. The van der Waals surface area contributed by atoms with E-state index in [2.05, 4.69) is 5.32 Å². The van der Waals surface area contributed by atoms with Crippen molar-refractivity contribution >= 4 is 34.9 Å². The highest BCUT2D eigenvalue weighted by molar-refractivity contribution is 7.08. The Kier molecular flexibility index (Phi) is 5.77. The number of hydrogen-bond donors (Lipinski definition) is 1. The first kappa shape index (κ1) is 16.7. The maximum atomic E-state index is 11.9. The molecule has 0 saturated heterocycles. The molecule has 1 amide bonds. The van der Waals surface area contributed by atoms with Crippen molar-refractivity contribution in [3.05, 3.63) is 63.3 Å². The Morgan fingerprint density at radius 3 is 2.91 bits per heavy atom. The quantitative estimate of drug-likeness (QED) is 0.807. The van der Waals surface area contributed by atoms with Crippen LogP contribution < -0.4 is 5.32 Å². The predicted molar refractivity (Wildman–Crippen MR) is 92.2 cm³/mol. The third-order valence-electron chi connectivity index (χ3n) is 3.46. The molecule has 2 rings (SSSR count). The summed E-state index contributed by atoms with van der Waals surface area (Å²) in [4.78, 5) is 11.9. The molecule has 0 spiro atoms. The molecule has 1 atom stereocenters. The summed E-state index contributed by atoms with van der Waals surface area (Å²) >= 11 is 7.62. The van der Waals surface area contributed by atoms with Crippen molar-refractivity contribution in [3.8, 4) is 0 Å². The molecule has 22 heavy (non-hydrogen) atoms. The van der Waals surface area contributed by atoms with Crippen LogP contribution in [0.25, 0.3) is 6.08 Å². The number of benzene rings is 1. The number of hydrogen-bond acceptors (Lipinski definition) is 3. The number of halogens is 1. The Balaban J connectivity index is 1.99. The van der Waals surface area contributed by atoms with Gasteiger partial charge in [0.25, 0.3) is 0 Å². The molecule has 0 fully saturated rings. The fourth-order valence-corrected chi connectivity index (χ4v) is 2.78. The standard InChI is InChI=1S/C17H18ClNO2S/c1-17(21-2,14-4-3-5-15(18)10-14)12-19-16(20)7-6-13-8-9-22-11-13/h3-11H,12H2,1-2H3,(H,19,20). The average Bonchev–Trinajstić information content (AvgIpc) is 3.04. The molecule has 1 aromatic carbocycles. The summed E-state index contributed by atoms with van der Waals surface area (Å²) in [6.45, 7) is 2.28. The van der Waals surface area contributed by atoms with Crippen LogP contribution >= 0.6 is 22.9 Å². The highest BCUT2D eigenvalue weighted by atomic mass is 35.5. The van der Waals surface area contributed by atoms with E-state index in [-0.39, 0.29) is 5.91 Å². The van der Waals surface area contributed by atoms with Gasteiger partial charge in [-0.15, -0.1) is 0 Å². The molecule has 5 heteroatoms. The number of carbonyl (C=O) groups excluding carboxylic acids is 1. The minimum atomic E-state index is -0.628. The second-order valence-electron chi connectivity index (χ2n) is 5.05. The van der Waals surface area contributed by atoms with Crippen LogP contribution in [0.2, 0.25) is 5.02 Å². The normalized spacial score (nSPS) is 14.0. The summed E-state index contributed by atoms with van der Waals surface area (Å²) in [5.74, 6) is -0.156. The number of methoxy groups -OCH3 is 1. The third-order valence-corrected chi connectivity index (χ3v) is 4.39. The number of rotatable bonds is 6. The van der Waals surface area contributed by atoms with Gasteiger partial charge in [0.1, 0.15) is 5.60 Å². The number of thiophene rings is 1. The lowest BCUT2D eigenvalue weighted by atomic mass is 9.95. The van der Waals surface area contributed by atoms with Gasteiger partial charge in [0.2, 0.25) is 5.91 Å². The van der Waals surface area contributed by atoms with Crippen molar-refractivity contribution in [2.75, 3.05) is 13.7 Å². The second kappa shape index (κ2) is 7.58. The highest BCUT2D eigenvalue weighted by Gasteiger charge is 2.26. The van der Waals surface area contributed by atoms with Crippen molar-refractivity contribution in [2.24, 2.45) is 0 Å². The zero-order chi connectivity index (χ0) is 16.0. The molecule has 3 nitrogen and oxygen atoms in total. The van der Waals surface area contributed by atoms with E-state index in [1.807, 2.05) is 48.0 Å². The number of nitrogens with one attached hydrogen (secondary N) is 1. The highest BCUT2D eigenvalue weighted by Crippen LogP contribution is 2.26. The molecular weight excluding hydrogens is 318 g/mol. The van der Waals surface area contributed by atoms with Crippen molar-refractivity contribution in [1.82, 2.24) is 5.32 Å². The van der Waals surface area contributed by atoms with Gasteiger partial charge in [-0.05, 0) is 53.1 Å². The van der Waals surface area contributed by atoms with E-state index < -0.39 is 5.60 Å². The lowest BCUT2D eigenvalue weighted by Crippen LogP contribution is -2.39. The van der Waals surface area contributed by atoms with E-state index in [9.17, 15) is 4.79 Å². The van der Waals surface area contributed by atoms with Crippen LogP contribution in [0.15, 0.2) is 47.2 Å². The van der Waals surface area contributed by atoms with Crippen LogP contribution in [-0.2, 0) is 15.1 Å². The SMILES string of the molecule is COC(C)(CNC(=O)C=Cc1ccsc1)c1cccc(Cl)c1. The van der Waals surface area contributed by atoms with E-state index in [4.69, 9.17) is 16.3 Å². The summed E-state index contributed by atoms with van der Waals surface area (Å²) in [5.41, 5.74) is 1.31. The summed E-state index contributed by atoms with van der Waals surface area (Å²) in [6.07, 6.45) is 3.31. The van der Waals surface area contributed by atoms with Crippen LogP contribution in [0.5, 0.6) is 0 Å². The zero-order valence-corrected chi connectivity index (χ0v) is 14.1. The smallest absolute Gasteiger partial charge is 0.244 e. The minimum absolute atomic E-state index is 0.156. The molecule has 0 aliphatic rings. The van der Waals surface area contributed by atoms with Crippen LogP contribution in [0.3, 0.4) is 0 Å². The van der Waals surface area contributed by atoms with Crippen LogP contribution in [-0.4, -0.2) is 19.6 Å². The first-order valence-corrected chi connectivity index (χ1v) is 8.15. The summed E-state index contributed by atoms with van der Waals surface area (Å²) in [6, 6.07) is 9.41. The van der Waals surface area contributed by atoms with Gasteiger partial charge in [-0.1, -0.05) is 23.7 Å². The second-order valence-corrected chi connectivity index (χ2v) is 6.27. The topological polar surface area (TPSA) is 38.3 Å². The Morgan fingerprint density at radius 1 is 1.45 bits per heavy atom. The Hall–Kier alpha value is -1.62. The van der Waals surface area contributed by atoms with Crippen LogP contribution in [0, 0.1) is 0 Å². The fourth-order valence-electron chi connectivity index (χ4n) is 1.97. The van der Waals surface area contributed by atoms with Crippen molar-refractivity contribution < 1.29 is 9.53 Å². The van der Waals surface area contributed by atoms with E-state index in [1.165, 1.54) is 6.08 Å². The predicted octanol–water partition coefficient (Wildman–Crippen LogP) is 4.09. The van der Waals surface area contributed by atoms with Crippen LogP contribution in [0.1, 0.15) is 18.1 Å². The number of carbonyl (C=O) groups is 1. The molecule has 1 N–H and O–H groups in total. The molecule has 0 bridgehead atoms. The first-order valence-electron chi connectivity index (χ1n) is 6.83. The van der Waals surface area contributed by atoms with E-state index in [0.29, 0.717) is 11.6 Å². The van der Waals surface area contributed by atoms with E-state index >= 15 is 0 Å². The lowest BCUT2D eigenvalue weighted by molar-refractivity contribution is -0.118.